The van der Waals surface area contributed by atoms with Gasteiger partial charge >= 0.3 is 0 Å². The van der Waals surface area contributed by atoms with Crippen LogP contribution in [0.5, 0.6) is 0 Å². The summed E-state index contributed by atoms with van der Waals surface area (Å²) < 4.78 is 15.0. The van der Waals surface area contributed by atoms with Gasteiger partial charge in [0.05, 0.1) is 16.6 Å². The van der Waals surface area contributed by atoms with Crippen LogP contribution in [0.4, 0.5) is 0 Å². The Labute approximate surface area is 362 Å². The van der Waals surface area contributed by atoms with Gasteiger partial charge < -0.3 is 13.4 Å². The molecule has 11 aromatic rings. The van der Waals surface area contributed by atoms with Crippen LogP contribution < -0.4 is 54.6 Å². The third-order valence-electron chi connectivity index (χ3n) is 11.6. The zero-order chi connectivity index (χ0) is 42.2. The summed E-state index contributed by atoms with van der Waals surface area (Å²) >= 11 is 0. The second kappa shape index (κ2) is 13.6. The molecule has 4 heterocycles. The first-order chi connectivity index (χ1) is 29.4. The maximum atomic E-state index is 7.09. The van der Waals surface area contributed by atoms with Crippen LogP contribution in [0.15, 0.2) is 106 Å². The van der Waals surface area contributed by atoms with E-state index < -0.39 is 0 Å². The van der Waals surface area contributed by atoms with Gasteiger partial charge in [-0.15, -0.1) is 21.9 Å². The normalized spacial score (nSPS) is 11.9. The molecule has 0 unspecified atom stereocenters. The van der Waals surface area contributed by atoms with Crippen LogP contribution in [-0.4, -0.2) is 98.0 Å². The van der Waals surface area contributed by atoms with Gasteiger partial charge in [0.1, 0.15) is 101 Å². The second-order valence-corrected chi connectivity index (χ2v) is 14.9. The van der Waals surface area contributed by atoms with Gasteiger partial charge in [0.2, 0.25) is 0 Å². The summed E-state index contributed by atoms with van der Waals surface area (Å²) in [6.45, 7) is 0. The van der Waals surface area contributed by atoms with E-state index in [0.717, 1.165) is 21.9 Å². The lowest BCUT2D eigenvalue weighted by Gasteiger charge is -2.17. The van der Waals surface area contributed by atoms with Gasteiger partial charge in [-0.2, -0.15) is 0 Å². The molecule has 4 aromatic heterocycles. The lowest BCUT2D eigenvalue weighted by Crippen LogP contribution is -2.48. The highest BCUT2D eigenvalue weighted by atomic mass is 16.3. The van der Waals surface area contributed by atoms with Crippen molar-refractivity contribution in [3.05, 3.63) is 97.1 Å². The molecule has 0 saturated heterocycles. The number of furan rings is 2. The van der Waals surface area contributed by atoms with E-state index >= 15 is 0 Å². The summed E-state index contributed by atoms with van der Waals surface area (Å²) in [5.41, 5.74) is 6.56. The molecular formula is C45H16B10N4O2. The molecule has 6 nitrogen and oxygen atoms in total. The first kappa shape index (κ1) is 37.6. The predicted molar refractivity (Wildman–Crippen MR) is 259 cm³/mol. The number of aromatic nitrogens is 4. The number of fused-ring (bicyclic) bond motifs is 10. The highest BCUT2D eigenvalue weighted by Crippen LogP contribution is 2.41. The molecule has 16 heteroatoms. The van der Waals surface area contributed by atoms with Crippen LogP contribution in [0, 0.1) is 0 Å². The van der Waals surface area contributed by atoms with Crippen LogP contribution in [0.1, 0.15) is 0 Å². The summed E-state index contributed by atoms with van der Waals surface area (Å²) in [4.78, 5) is 14.7. The summed E-state index contributed by atoms with van der Waals surface area (Å²) in [5.74, 6) is 1.54. The minimum atomic E-state index is 0.0699. The Morgan fingerprint density at radius 3 is 1.51 bits per heavy atom. The summed E-state index contributed by atoms with van der Waals surface area (Å²) in [7, 11) is 66.5. The molecule has 61 heavy (non-hydrogen) atoms. The summed E-state index contributed by atoms with van der Waals surface area (Å²) in [6.07, 6.45) is 0. The molecule has 0 aliphatic rings. The molecule has 0 saturated carbocycles. The largest absolute Gasteiger partial charge is 0.456 e. The minimum absolute atomic E-state index is 0.0699. The third kappa shape index (κ3) is 5.27. The molecule has 0 amide bonds. The molecule has 0 N–H and O–H groups in total. The van der Waals surface area contributed by atoms with E-state index in [0.29, 0.717) is 72.5 Å². The SMILES string of the molecule is [B]c1c([B])c([B])c2c(oc3c2c([B])c([B])c2c3c3c([B])c([B])c([B])c([B])c3n2-c2cccc3oc4cc(-c5nc(-c6ccccc6)nc(-c6ccccc6)n5)ccc4c23)c1[B]. The molecule has 0 atom stereocenters. The Hall–Kier alpha value is -6.40. The Bertz CT molecular complexity index is 3660. The number of hydrogen-bond donors (Lipinski definition) is 0. The Morgan fingerprint density at radius 2 is 0.869 bits per heavy atom. The summed E-state index contributed by atoms with van der Waals surface area (Å²) in [5, 5.41) is 3.06. The van der Waals surface area contributed by atoms with E-state index in [1.807, 2.05) is 102 Å². The average molecular weight is 753 g/mol. The van der Waals surface area contributed by atoms with Gasteiger partial charge in [-0.05, 0) is 24.3 Å². The summed E-state index contributed by atoms with van der Waals surface area (Å²) in [6, 6.07) is 31.0. The van der Waals surface area contributed by atoms with Crippen molar-refractivity contribution in [2.75, 3.05) is 0 Å². The van der Waals surface area contributed by atoms with Crippen LogP contribution >= 0.6 is 0 Å². The average Bonchev–Trinajstić information content (AvgIpc) is 3.99. The fraction of sp³-hybridized carbons (Fsp3) is 0. The second-order valence-electron chi connectivity index (χ2n) is 14.9. The zero-order valence-corrected chi connectivity index (χ0v) is 32.1. The van der Waals surface area contributed by atoms with Crippen LogP contribution in [0.2, 0.25) is 0 Å². The fourth-order valence-corrected chi connectivity index (χ4v) is 8.55. The van der Waals surface area contributed by atoms with Crippen molar-refractivity contribution < 1.29 is 8.83 Å². The van der Waals surface area contributed by atoms with Crippen molar-refractivity contribution >= 4 is 199 Å². The van der Waals surface area contributed by atoms with Crippen molar-refractivity contribution in [1.82, 2.24) is 19.5 Å². The fourth-order valence-electron chi connectivity index (χ4n) is 8.55. The van der Waals surface area contributed by atoms with Crippen LogP contribution in [0.25, 0.3) is 106 Å². The van der Waals surface area contributed by atoms with E-state index in [-0.39, 0.29) is 65.8 Å². The van der Waals surface area contributed by atoms with Gasteiger partial charge in [0.15, 0.2) is 17.5 Å². The van der Waals surface area contributed by atoms with Crippen LogP contribution in [-0.2, 0) is 0 Å². The number of hydrogen-bond acceptors (Lipinski definition) is 5. The molecule has 0 aliphatic heterocycles. The first-order valence-electron chi connectivity index (χ1n) is 19.0. The molecule has 20 radical (unpaired) electrons. The van der Waals surface area contributed by atoms with Gasteiger partial charge in [-0.3, -0.25) is 0 Å². The lowest BCUT2D eigenvalue weighted by atomic mass is 9.64. The molecule has 0 bridgehead atoms. The van der Waals surface area contributed by atoms with E-state index in [4.69, 9.17) is 102 Å². The predicted octanol–water partition coefficient (Wildman–Crippen LogP) is -0.293. The topological polar surface area (TPSA) is 69.9 Å². The minimum Gasteiger partial charge on any atom is -0.456 e. The highest BCUT2D eigenvalue weighted by Gasteiger charge is 2.28. The molecule has 7 aromatic carbocycles. The molecule has 0 spiro atoms. The Kier molecular flexibility index (Phi) is 8.35. The molecule has 258 valence electrons. The maximum Gasteiger partial charge on any atom is 0.164 e. The number of nitrogens with zero attached hydrogens (tertiary/aromatic N) is 4. The molecule has 11 rings (SSSR count). The van der Waals surface area contributed by atoms with Crippen LogP contribution in [0.3, 0.4) is 0 Å². The van der Waals surface area contributed by atoms with Crippen molar-refractivity contribution in [3.63, 3.8) is 0 Å². The molecule has 0 aliphatic carbocycles. The Balaban J connectivity index is 1.21. The third-order valence-corrected chi connectivity index (χ3v) is 11.6. The van der Waals surface area contributed by atoms with Crippen molar-refractivity contribution in [2.45, 2.75) is 0 Å². The quantitative estimate of drug-likeness (QED) is 0.232. The van der Waals surface area contributed by atoms with Crippen molar-refractivity contribution in [3.8, 4) is 39.9 Å². The van der Waals surface area contributed by atoms with E-state index in [2.05, 4.69) is 0 Å². The van der Waals surface area contributed by atoms with Gasteiger partial charge in [0.25, 0.3) is 0 Å². The standard InChI is InChI=1S/C45H16B10N4O2/c46-29-25-28-40(36(53)31(48)26-27-30(47)33(50)35(52)38(55)42(27)61-41(26)28)59(39(25)37(54)34(51)32(29)49)21-12-7-13-22-24(21)20-15-14-19(16-23(20)60-22)45-57-43(17-8-3-1-4-9-17)56-44(58-45)18-10-5-2-6-11-18/h1-16H. The first-order valence-corrected chi connectivity index (χ1v) is 19.0. The maximum absolute atomic E-state index is 7.09. The van der Waals surface area contributed by atoms with Gasteiger partial charge in [0, 0.05) is 49.1 Å². The lowest BCUT2D eigenvalue weighted by molar-refractivity contribution is 0.669. The highest BCUT2D eigenvalue weighted by molar-refractivity contribution is 6.71. The van der Waals surface area contributed by atoms with E-state index in [1.54, 1.807) is 0 Å². The monoisotopic (exact) mass is 754 g/mol. The van der Waals surface area contributed by atoms with Crippen molar-refractivity contribution in [2.24, 2.45) is 0 Å². The number of benzene rings is 7. The van der Waals surface area contributed by atoms with E-state index in [9.17, 15) is 0 Å². The van der Waals surface area contributed by atoms with Gasteiger partial charge in [-0.1, -0.05) is 106 Å². The Morgan fingerprint density at radius 1 is 0.361 bits per heavy atom. The molecular weight excluding hydrogens is 737 g/mol. The smallest absolute Gasteiger partial charge is 0.164 e. The zero-order valence-electron chi connectivity index (χ0n) is 32.1. The van der Waals surface area contributed by atoms with E-state index in [1.165, 1.54) is 0 Å². The molecule has 0 fully saturated rings. The number of rotatable bonds is 4. The van der Waals surface area contributed by atoms with Crippen molar-refractivity contribution in [1.29, 1.82) is 0 Å². The van der Waals surface area contributed by atoms with Gasteiger partial charge in [-0.25, -0.2) is 15.0 Å².